The van der Waals surface area contributed by atoms with Crippen LogP contribution in [0.15, 0.2) is 29.2 Å². The second-order valence-electron chi connectivity index (χ2n) is 4.62. The number of anilines is 1. The number of hydrogen-bond donors (Lipinski definition) is 1. The molecule has 0 aliphatic rings. The first-order valence-corrected chi connectivity index (χ1v) is 8.34. The van der Waals surface area contributed by atoms with Crippen LogP contribution in [0.3, 0.4) is 0 Å². The smallest absolute Gasteiger partial charge is 0.323 e. The Morgan fingerprint density at radius 2 is 1.90 bits per heavy atom. The third kappa shape index (κ3) is 5.35. The SMILES string of the molecule is CCCS(=O)(=O)c1ccc(N(CCOC)CC(=O)O)cc1. The maximum atomic E-state index is 11.9. The summed E-state index contributed by atoms with van der Waals surface area (Å²) in [4.78, 5) is 12.8. The summed E-state index contributed by atoms with van der Waals surface area (Å²) in [5.74, 6) is -0.844. The number of rotatable bonds is 9. The molecule has 0 atom stereocenters. The molecule has 1 aromatic rings. The van der Waals surface area contributed by atoms with Crippen molar-refractivity contribution in [2.75, 3.05) is 37.5 Å². The molecule has 0 saturated heterocycles. The lowest BCUT2D eigenvalue weighted by Crippen LogP contribution is -2.32. The normalized spacial score (nSPS) is 11.3. The average Bonchev–Trinajstić information content (AvgIpc) is 2.43. The van der Waals surface area contributed by atoms with Crippen molar-refractivity contribution in [1.29, 1.82) is 0 Å². The summed E-state index contributed by atoms with van der Waals surface area (Å²) < 4.78 is 28.8. The van der Waals surface area contributed by atoms with Gasteiger partial charge in [0.1, 0.15) is 6.54 Å². The van der Waals surface area contributed by atoms with E-state index in [2.05, 4.69) is 0 Å². The molecule has 6 nitrogen and oxygen atoms in total. The third-order valence-electron chi connectivity index (χ3n) is 2.93. The Morgan fingerprint density at radius 1 is 1.29 bits per heavy atom. The molecule has 1 rings (SSSR count). The van der Waals surface area contributed by atoms with Gasteiger partial charge in [0.25, 0.3) is 0 Å². The van der Waals surface area contributed by atoms with E-state index < -0.39 is 15.8 Å². The number of carbonyl (C=O) groups is 1. The van der Waals surface area contributed by atoms with E-state index in [1.54, 1.807) is 24.1 Å². The molecule has 0 aliphatic heterocycles. The first-order valence-electron chi connectivity index (χ1n) is 6.69. The zero-order valence-corrected chi connectivity index (χ0v) is 13.1. The van der Waals surface area contributed by atoms with E-state index in [0.29, 0.717) is 25.3 Å². The van der Waals surface area contributed by atoms with Crippen LogP contribution < -0.4 is 4.90 Å². The Bertz CT molecular complexity index is 553. The molecule has 0 fully saturated rings. The Labute approximate surface area is 125 Å². The summed E-state index contributed by atoms with van der Waals surface area (Å²) in [5.41, 5.74) is 0.657. The number of carboxylic acids is 1. The van der Waals surface area contributed by atoms with Gasteiger partial charge in [-0.25, -0.2) is 8.42 Å². The molecule has 21 heavy (non-hydrogen) atoms. The molecule has 0 bridgehead atoms. The highest BCUT2D eigenvalue weighted by Crippen LogP contribution is 2.19. The first kappa shape index (κ1) is 17.5. The second kappa shape index (κ2) is 7.99. The summed E-state index contributed by atoms with van der Waals surface area (Å²) in [6.45, 7) is 2.46. The molecule has 118 valence electrons. The Kier molecular flexibility index (Phi) is 6.64. The van der Waals surface area contributed by atoms with Crippen molar-refractivity contribution in [2.45, 2.75) is 18.2 Å². The fraction of sp³-hybridized carbons (Fsp3) is 0.500. The predicted octanol–water partition coefficient (Wildman–Crippen LogP) is 1.41. The van der Waals surface area contributed by atoms with E-state index in [1.165, 1.54) is 12.1 Å². The van der Waals surface area contributed by atoms with Gasteiger partial charge in [-0.15, -0.1) is 0 Å². The summed E-state index contributed by atoms with van der Waals surface area (Å²) in [6.07, 6.45) is 0.559. The fourth-order valence-electron chi connectivity index (χ4n) is 1.92. The van der Waals surface area contributed by atoms with Gasteiger partial charge >= 0.3 is 5.97 Å². The van der Waals surface area contributed by atoms with E-state index in [9.17, 15) is 13.2 Å². The minimum absolute atomic E-state index is 0.106. The number of benzene rings is 1. The largest absolute Gasteiger partial charge is 0.480 e. The third-order valence-corrected chi connectivity index (χ3v) is 4.86. The Morgan fingerprint density at radius 3 is 2.38 bits per heavy atom. The monoisotopic (exact) mass is 315 g/mol. The van der Waals surface area contributed by atoms with E-state index in [1.807, 2.05) is 6.92 Å². The lowest BCUT2D eigenvalue weighted by atomic mass is 10.3. The summed E-state index contributed by atoms with van der Waals surface area (Å²) in [7, 11) is -1.71. The second-order valence-corrected chi connectivity index (χ2v) is 6.73. The molecule has 0 saturated carbocycles. The maximum Gasteiger partial charge on any atom is 0.323 e. The number of aliphatic carboxylic acids is 1. The molecule has 0 heterocycles. The van der Waals surface area contributed by atoms with Crippen LogP contribution in [0, 0.1) is 0 Å². The van der Waals surface area contributed by atoms with E-state index >= 15 is 0 Å². The molecule has 0 spiro atoms. The molecule has 1 N–H and O–H groups in total. The van der Waals surface area contributed by atoms with Crippen LogP contribution in [-0.4, -0.2) is 52.1 Å². The highest BCUT2D eigenvalue weighted by molar-refractivity contribution is 7.91. The Hall–Kier alpha value is -1.60. The molecule has 0 unspecified atom stereocenters. The van der Waals surface area contributed by atoms with Crippen molar-refractivity contribution in [3.05, 3.63) is 24.3 Å². The van der Waals surface area contributed by atoms with Gasteiger partial charge in [0.15, 0.2) is 9.84 Å². The number of sulfone groups is 1. The molecular weight excluding hydrogens is 294 g/mol. The summed E-state index contributed by atoms with van der Waals surface area (Å²) in [6, 6.07) is 6.28. The van der Waals surface area contributed by atoms with Crippen LogP contribution in [0.5, 0.6) is 0 Å². The Balaban J connectivity index is 2.94. The number of methoxy groups -OCH3 is 1. The van der Waals surface area contributed by atoms with Crippen LogP contribution in [0.2, 0.25) is 0 Å². The molecule has 7 heteroatoms. The van der Waals surface area contributed by atoms with Crippen LogP contribution >= 0.6 is 0 Å². The standard InChI is InChI=1S/C14H21NO5S/c1-3-10-21(18,19)13-6-4-12(5-7-13)15(8-9-20-2)11-14(16)17/h4-7H,3,8-11H2,1-2H3,(H,16,17). The van der Waals surface area contributed by atoms with Gasteiger partial charge in [0.2, 0.25) is 0 Å². The predicted molar refractivity (Wildman–Crippen MR) is 80.5 cm³/mol. The number of ether oxygens (including phenoxy) is 1. The molecule has 0 aliphatic carbocycles. The zero-order valence-electron chi connectivity index (χ0n) is 12.3. The summed E-state index contributed by atoms with van der Waals surface area (Å²) in [5, 5.41) is 8.92. The number of hydrogen-bond acceptors (Lipinski definition) is 5. The topological polar surface area (TPSA) is 83.9 Å². The van der Waals surface area contributed by atoms with Gasteiger partial charge in [0.05, 0.1) is 17.3 Å². The van der Waals surface area contributed by atoms with Crippen molar-refractivity contribution < 1.29 is 23.1 Å². The molecule has 0 amide bonds. The molecule has 1 aromatic carbocycles. The average molecular weight is 315 g/mol. The fourth-order valence-corrected chi connectivity index (χ4v) is 3.24. The lowest BCUT2D eigenvalue weighted by Gasteiger charge is -2.22. The lowest BCUT2D eigenvalue weighted by molar-refractivity contribution is -0.135. The van der Waals surface area contributed by atoms with Gasteiger partial charge < -0.3 is 14.7 Å². The number of nitrogens with zero attached hydrogens (tertiary/aromatic N) is 1. The van der Waals surface area contributed by atoms with Gasteiger partial charge in [-0.3, -0.25) is 4.79 Å². The minimum Gasteiger partial charge on any atom is -0.480 e. The van der Waals surface area contributed by atoms with Crippen LogP contribution in [0.1, 0.15) is 13.3 Å². The van der Waals surface area contributed by atoms with Gasteiger partial charge in [-0.2, -0.15) is 0 Å². The minimum atomic E-state index is -3.25. The van der Waals surface area contributed by atoms with Gasteiger partial charge in [-0.1, -0.05) is 6.92 Å². The van der Waals surface area contributed by atoms with Crippen LogP contribution in [-0.2, 0) is 19.4 Å². The van der Waals surface area contributed by atoms with Gasteiger partial charge in [0, 0.05) is 19.3 Å². The maximum absolute atomic E-state index is 11.9. The zero-order chi connectivity index (χ0) is 15.9. The van der Waals surface area contributed by atoms with E-state index in [4.69, 9.17) is 9.84 Å². The van der Waals surface area contributed by atoms with Gasteiger partial charge in [-0.05, 0) is 30.7 Å². The van der Waals surface area contributed by atoms with Crippen molar-refractivity contribution in [2.24, 2.45) is 0 Å². The molecule has 0 radical (unpaired) electrons. The molecular formula is C14H21NO5S. The van der Waals surface area contributed by atoms with E-state index in [0.717, 1.165) is 0 Å². The first-order chi connectivity index (χ1) is 9.90. The highest BCUT2D eigenvalue weighted by Gasteiger charge is 2.15. The summed E-state index contributed by atoms with van der Waals surface area (Å²) >= 11 is 0. The number of carboxylic acid groups (broad SMARTS) is 1. The quantitative estimate of drug-likeness (QED) is 0.742. The van der Waals surface area contributed by atoms with Crippen molar-refractivity contribution >= 4 is 21.5 Å². The highest BCUT2D eigenvalue weighted by atomic mass is 32.2. The van der Waals surface area contributed by atoms with E-state index in [-0.39, 0.29) is 17.2 Å². The molecule has 0 aromatic heterocycles. The van der Waals surface area contributed by atoms with Crippen LogP contribution in [0.25, 0.3) is 0 Å². The van der Waals surface area contributed by atoms with Crippen molar-refractivity contribution in [1.82, 2.24) is 0 Å². The van der Waals surface area contributed by atoms with Crippen molar-refractivity contribution in [3.8, 4) is 0 Å². The van der Waals surface area contributed by atoms with Crippen LogP contribution in [0.4, 0.5) is 5.69 Å². The van der Waals surface area contributed by atoms with Crippen molar-refractivity contribution in [3.63, 3.8) is 0 Å².